The molecule has 0 amide bonds. The van der Waals surface area contributed by atoms with Gasteiger partial charge in [0.25, 0.3) is 0 Å². The number of hydrogen-bond acceptors (Lipinski definition) is 2. The number of nitrogens with zero attached hydrogens (tertiary/aromatic N) is 2. The van der Waals surface area contributed by atoms with Crippen molar-refractivity contribution >= 4 is 5.82 Å². The van der Waals surface area contributed by atoms with Gasteiger partial charge in [0.2, 0.25) is 0 Å². The number of aromatic amines is 1. The zero-order valence-electron chi connectivity index (χ0n) is 9.89. The molecule has 0 bridgehead atoms. The lowest BCUT2D eigenvalue weighted by Gasteiger charge is -2.26. The maximum atomic E-state index is 4.46. The number of aromatic nitrogens is 2. The molecule has 0 unspecified atom stereocenters. The summed E-state index contributed by atoms with van der Waals surface area (Å²) in [6.45, 7) is 2.30. The fraction of sp³-hybridized carbons (Fsp3) is 0.357. The van der Waals surface area contributed by atoms with Gasteiger partial charge in [-0.15, -0.1) is 0 Å². The molecular formula is C14H17N3. The van der Waals surface area contributed by atoms with E-state index in [1.165, 1.54) is 19.3 Å². The summed E-state index contributed by atoms with van der Waals surface area (Å²) in [7, 11) is 0. The number of hydrogen-bond donors (Lipinski definition) is 1. The third-order valence-corrected chi connectivity index (χ3v) is 3.31. The Hall–Kier alpha value is -1.77. The molecule has 0 spiro atoms. The minimum atomic E-state index is 0.964. The van der Waals surface area contributed by atoms with Crippen LogP contribution in [0.1, 0.15) is 19.3 Å². The molecule has 88 valence electrons. The molecule has 3 nitrogen and oxygen atoms in total. The van der Waals surface area contributed by atoms with Crippen molar-refractivity contribution in [3.05, 3.63) is 36.5 Å². The van der Waals surface area contributed by atoms with Gasteiger partial charge in [0, 0.05) is 18.7 Å². The summed E-state index contributed by atoms with van der Waals surface area (Å²) < 4.78 is 0. The normalized spacial score (nSPS) is 16.1. The van der Waals surface area contributed by atoms with Crippen LogP contribution in [-0.2, 0) is 0 Å². The van der Waals surface area contributed by atoms with E-state index in [2.05, 4.69) is 27.0 Å². The number of piperidine rings is 1. The van der Waals surface area contributed by atoms with Crippen LogP contribution in [0.5, 0.6) is 0 Å². The van der Waals surface area contributed by atoms with Crippen molar-refractivity contribution in [3.63, 3.8) is 0 Å². The Morgan fingerprint density at radius 1 is 1.00 bits per heavy atom. The Morgan fingerprint density at radius 3 is 2.53 bits per heavy atom. The number of imidazole rings is 1. The Kier molecular flexibility index (Phi) is 2.82. The Morgan fingerprint density at radius 2 is 1.76 bits per heavy atom. The summed E-state index contributed by atoms with van der Waals surface area (Å²) in [4.78, 5) is 10.3. The lowest BCUT2D eigenvalue weighted by atomic mass is 10.1. The molecule has 1 N–H and O–H groups in total. The molecule has 1 fully saturated rings. The minimum Gasteiger partial charge on any atom is -0.357 e. The first-order valence-electron chi connectivity index (χ1n) is 6.29. The van der Waals surface area contributed by atoms with Crippen LogP contribution in [0.2, 0.25) is 0 Å². The highest BCUT2D eigenvalue weighted by molar-refractivity contribution is 5.58. The van der Waals surface area contributed by atoms with E-state index in [4.69, 9.17) is 0 Å². The molecule has 1 aliphatic rings. The highest BCUT2D eigenvalue weighted by Crippen LogP contribution is 2.21. The van der Waals surface area contributed by atoms with Gasteiger partial charge in [0.1, 0.15) is 11.6 Å². The van der Waals surface area contributed by atoms with Gasteiger partial charge < -0.3 is 9.88 Å². The van der Waals surface area contributed by atoms with Crippen molar-refractivity contribution in [2.24, 2.45) is 0 Å². The van der Waals surface area contributed by atoms with Crippen LogP contribution in [0, 0.1) is 0 Å². The van der Waals surface area contributed by atoms with Crippen LogP contribution < -0.4 is 4.90 Å². The zero-order chi connectivity index (χ0) is 11.5. The van der Waals surface area contributed by atoms with Crippen LogP contribution in [-0.4, -0.2) is 23.1 Å². The molecule has 0 atom stereocenters. The number of H-pyrrole nitrogens is 1. The van der Waals surface area contributed by atoms with Gasteiger partial charge in [-0.25, -0.2) is 4.98 Å². The van der Waals surface area contributed by atoms with Crippen LogP contribution >= 0.6 is 0 Å². The predicted octanol–water partition coefficient (Wildman–Crippen LogP) is 3.07. The van der Waals surface area contributed by atoms with Crippen LogP contribution in [0.25, 0.3) is 11.4 Å². The van der Waals surface area contributed by atoms with E-state index < -0.39 is 0 Å². The third kappa shape index (κ3) is 2.18. The first-order chi connectivity index (χ1) is 8.43. The van der Waals surface area contributed by atoms with Crippen molar-refractivity contribution < 1.29 is 0 Å². The maximum absolute atomic E-state index is 4.46. The fourth-order valence-electron chi connectivity index (χ4n) is 2.35. The molecule has 17 heavy (non-hydrogen) atoms. The molecule has 1 aliphatic heterocycles. The molecular weight excluding hydrogens is 210 g/mol. The van der Waals surface area contributed by atoms with Gasteiger partial charge in [-0.2, -0.15) is 0 Å². The molecule has 1 aromatic heterocycles. The molecule has 3 heteroatoms. The Labute approximate surface area is 101 Å². The minimum absolute atomic E-state index is 0.964. The highest BCUT2D eigenvalue weighted by atomic mass is 15.2. The smallest absolute Gasteiger partial charge is 0.138 e. The van der Waals surface area contributed by atoms with E-state index in [0.29, 0.717) is 0 Å². The summed E-state index contributed by atoms with van der Waals surface area (Å²) in [5, 5.41) is 0. The predicted molar refractivity (Wildman–Crippen MR) is 70.1 cm³/mol. The van der Waals surface area contributed by atoms with E-state index in [0.717, 1.165) is 30.3 Å². The number of nitrogens with one attached hydrogen (secondary N) is 1. The van der Waals surface area contributed by atoms with Gasteiger partial charge in [0.05, 0.1) is 6.20 Å². The molecule has 0 radical (unpaired) electrons. The van der Waals surface area contributed by atoms with E-state index >= 15 is 0 Å². The van der Waals surface area contributed by atoms with Gasteiger partial charge in [-0.1, -0.05) is 30.3 Å². The molecule has 1 aromatic carbocycles. The first-order valence-corrected chi connectivity index (χ1v) is 6.29. The lowest BCUT2D eigenvalue weighted by molar-refractivity contribution is 0.574. The van der Waals surface area contributed by atoms with Crippen LogP contribution in [0.3, 0.4) is 0 Å². The van der Waals surface area contributed by atoms with Crippen molar-refractivity contribution in [2.75, 3.05) is 18.0 Å². The van der Waals surface area contributed by atoms with Gasteiger partial charge in [0.15, 0.2) is 0 Å². The van der Waals surface area contributed by atoms with Crippen molar-refractivity contribution in [1.29, 1.82) is 0 Å². The average Bonchev–Trinajstić information content (AvgIpc) is 2.90. The standard InChI is InChI=1S/C14H17N3/c1-3-7-12(8-4-1)14-15-11-13(16-14)17-9-5-2-6-10-17/h1,3-4,7-8,11H,2,5-6,9-10H2,(H,15,16). The number of benzene rings is 1. The maximum Gasteiger partial charge on any atom is 0.138 e. The second-order valence-electron chi connectivity index (χ2n) is 4.53. The second kappa shape index (κ2) is 4.62. The van der Waals surface area contributed by atoms with Gasteiger partial charge >= 0.3 is 0 Å². The highest BCUT2D eigenvalue weighted by Gasteiger charge is 2.13. The first kappa shape index (κ1) is 10.4. The second-order valence-corrected chi connectivity index (χ2v) is 4.53. The summed E-state index contributed by atoms with van der Waals surface area (Å²) in [6.07, 6.45) is 5.89. The van der Waals surface area contributed by atoms with E-state index in [-0.39, 0.29) is 0 Å². The van der Waals surface area contributed by atoms with Gasteiger partial charge in [-0.3, -0.25) is 0 Å². The summed E-state index contributed by atoms with van der Waals surface area (Å²) >= 11 is 0. The molecule has 2 heterocycles. The fourth-order valence-corrected chi connectivity index (χ4v) is 2.35. The van der Waals surface area contributed by atoms with Crippen molar-refractivity contribution in [1.82, 2.24) is 9.97 Å². The van der Waals surface area contributed by atoms with E-state index in [1.54, 1.807) is 0 Å². The van der Waals surface area contributed by atoms with Crippen molar-refractivity contribution in [3.8, 4) is 11.4 Å². The van der Waals surface area contributed by atoms with Gasteiger partial charge in [-0.05, 0) is 19.3 Å². The molecule has 0 saturated carbocycles. The monoisotopic (exact) mass is 227 g/mol. The quantitative estimate of drug-likeness (QED) is 0.855. The topological polar surface area (TPSA) is 31.9 Å². The van der Waals surface area contributed by atoms with Crippen molar-refractivity contribution in [2.45, 2.75) is 19.3 Å². The van der Waals surface area contributed by atoms with E-state index in [1.807, 2.05) is 24.4 Å². The number of anilines is 1. The SMILES string of the molecule is c1ccc(-c2ncc(N3CCCCC3)[nH]2)cc1. The Balaban J connectivity index is 1.83. The Bertz CT molecular complexity index is 469. The molecule has 2 aromatic rings. The summed E-state index contributed by atoms with van der Waals surface area (Å²) in [6, 6.07) is 10.3. The molecule has 3 rings (SSSR count). The van der Waals surface area contributed by atoms with Crippen LogP contribution in [0.4, 0.5) is 5.82 Å². The largest absolute Gasteiger partial charge is 0.357 e. The summed E-state index contributed by atoms with van der Waals surface area (Å²) in [5.41, 5.74) is 1.15. The van der Waals surface area contributed by atoms with E-state index in [9.17, 15) is 0 Å². The zero-order valence-corrected chi connectivity index (χ0v) is 9.89. The lowest BCUT2D eigenvalue weighted by Crippen LogP contribution is -2.29. The molecule has 0 aliphatic carbocycles. The average molecular weight is 227 g/mol. The van der Waals surface area contributed by atoms with Crippen LogP contribution in [0.15, 0.2) is 36.5 Å². The number of rotatable bonds is 2. The summed E-state index contributed by atoms with van der Waals surface area (Å²) in [5.74, 6) is 2.12. The molecule has 1 saturated heterocycles. The third-order valence-electron chi connectivity index (χ3n) is 3.31.